The van der Waals surface area contributed by atoms with Crippen molar-refractivity contribution in [3.8, 4) is 0 Å². The highest BCUT2D eigenvalue weighted by molar-refractivity contribution is 6.31. The van der Waals surface area contributed by atoms with Crippen LogP contribution >= 0.6 is 11.6 Å². The Bertz CT molecular complexity index is 557. The number of hydrogen-bond acceptors (Lipinski definition) is 2. The summed E-state index contributed by atoms with van der Waals surface area (Å²) >= 11 is 5.93. The Morgan fingerprint density at radius 3 is 2.62 bits per heavy atom. The Hall–Kier alpha value is -1.55. The molecule has 1 aliphatic rings. The van der Waals surface area contributed by atoms with Gasteiger partial charge in [0.05, 0.1) is 11.8 Å². The molecular formula is C16H21ClN2O2. The molecule has 0 aromatic heterocycles. The number of halogens is 1. The predicted octanol–water partition coefficient (Wildman–Crippen LogP) is 3.00. The monoisotopic (exact) mass is 308 g/mol. The van der Waals surface area contributed by atoms with Gasteiger partial charge in [0.2, 0.25) is 11.8 Å². The summed E-state index contributed by atoms with van der Waals surface area (Å²) in [6.45, 7) is 6.64. The molecule has 2 atom stereocenters. The molecule has 114 valence electrons. The molecule has 0 heterocycles. The molecule has 2 N–H and O–H groups in total. The third-order valence-electron chi connectivity index (χ3n) is 3.61. The minimum atomic E-state index is -0.226. The van der Waals surface area contributed by atoms with Gasteiger partial charge in [0.25, 0.3) is 0 Å². The first kappa shape index (κ1) is 15.8. The predicted molar refractivity (Wildman–Crippen MR) is 84.3 cm³/mol. The number of carbonyl (C=O) groups is 2. The molecule has 1 aromatic rings. The second-order valence-electron chi connectivity index (χ2n) is 6.04. The summed E-state index contributed by atoms with van der Waals surface area (Å²) in [6, 6.07) is 5.37. The number of aryl methyl sites for hydroxylation is 1. The van der Waals surface area contributed by atoms with Crippen LogP contribution in [0.25, 0.3) is 0 Å². The van der Waals surface area contributed by atoms with Crippen molar-refractivity contribution in [2.75, 3.05) is 11.9 Å². The zero-order valence-corrected chi connectivity index (χ0v) is 13.3. The highest BCUT2D eigenvalue weighted by atomic mass is 35.5. The van der Waals surface area contributed by atoms with Gasteiger partial charge in [-0.1, -0.05) is 31.5 Å². The standard InChI is InChI=1S/C16H21ClN2O2/c1-9(2)8-18-15(20)12-7-13(12)16(21)19-14-6-11(17)5-4-10(14)3/h4-6,9,12-13H,7-8H2,1-3H3,(H,18,20)(H,19,21). The van der Waals surface area contributed by atoms with Gasteiger partial charge >= 0.3 is 0 Å². The van der Waals surface area contributed by atoms with E-state index in [0.717, 1.165) is 5.56 Å². The zero-order valence-electron chi connectivity index (χ0n) is 12.6. The summed E-state index contributed by atoms with van der Waals surface area (Å²) in [5.74, 6) is -0.135. The minimum absolute atomic E-state index is 0.0216. The molecule has 0 radical (unpaired) electrons. The van der Waals surface area contributed by atoms with Crippen molar-refractivity contribution in [1.29, 1.82) is 0 Å². The maximum Gasteiger partial charge on any atom is 0.228 e. The summed E-state index contributed by atoms with van der Waals surface area (Å²) < 4.78 is 0. The number of rotatable bonds is 5. The highest BCUT2D eigenvalue weighted by Gasteiger charge is 2.47. The number of amides is 2. The first-order valence-electron chi connectivity index (χ1n) is 7.23. The first-order valence-corrected chi connectivity index (χ1v) is 7.61. The molecule has 0 bridgehead atoms. The average Bonchev–Trinajstić information content (AvgIpc) is 3.20. The van der Waals surface area contributed by atoms with E-state index in [-0.39, 0.29) is 23.7 Å². The van der Waals surface area contributed by atoms with E-state index in [1.54, 1.807) is 12.1 Å². The van der Waals surface area contributed by atoms with E-state index in [9.17, 15) is 9.59 Å². The van der Waals surface area contributed by atoms with Crippen LogP contribution in [0.2, 0.25) is 5.02 Å². The lowest BCUT2D eigenvalue weighted by Gasteiger charge is -2.09. The lowest BCUT2D eigenvalue weighted by Crippen LogP contribution is -2.30. The second-order valence-corrected chi connectivity index (χ2v) is 6.47. The van der Waals surface area contributed by atoms with E-state index >= 15 is 0 Å². The average molecular weight is 309 g/mol. The van der Waals surface area contributed by atoms with Gasteiger partial charge in [0, 0.05) is 17.3 Å². The van der Waals surface area contributed by atoms with Gasteiger partial charge in [-0.2, -0.15) is 0 Å². The third kappa shape index (κ3) is 4.21. The Labute approximate surface area is 130 Å². The maximum atomic E-state index is 12.2. The van der Waals surface area contributed by atoms with Gasteiger partial charge in [-0.25, -0.2) is 0 Å². The fraction of sp³-hybridized carbons (Fsp3) is 0.500. The summed E-state index contributed by atoms with van der Waals surface area (Å²) in [5.41, 5.74) is 1.66. The van der Waals surface area contributed by atoms with Crippen molar-refractivity contribution in [3.63, 3.8) is 0 Å². The smallest absolute Gasteiger partial charge is 0.228 e. The summed E-state index contributed by atoms with van der Waals surface area (Å²) in [4.78, 5) is 24.0. The molecule has 0 saturated heterocycles. The van der Waals surface area contributed by atoms with Crippen LogP contribution in [0, 0.1) is 24.7 Å². The zero-order chi connectivity index (χ0) is 15.6. The van der Waals surface area contributed by atoms with Crippen molar-refractivity contribution < 1.29 is 9.59 Å². The van der Waals surface area contributed by atoms with Gasteiger partial charge in [-0.05, 0) is 37.0 Å². The van der Waals surface area contributed by atoms with Gasteiger partial charge < -0.3 is 10.6 Å². The molecule has 0 spiro atoms. The topological polar surface area (TPSA) is 58.2 Å². The fourth-order valence-electron chi connectivity index (χ4n) is 2.16. The molecule has 21 heavy (non-hydrogen) atoms. The Balaban J connectivity index is 1.88. The first-order chi connectivity index (χ1) is 9.88. The molecule has 2 amide bonds. The molecule has 5 heteroatoms. The SMILES string of the molecule is Cc1ccc(Cl)cc1NC(=O)C1CC1C(=O)NCC(C)C. The number of carbonyl (C=O) groups excluding carboxylic acids is 2. The molecular weight excluding hydrogens is 288 g/mol. The van der Waals surface area contributed by atoms with Crippen molar-refractivity contribution >= 4 is 29.1 Å². The van der Waals surface area contributed by atoms with Crippen LogP contribution in [-0.2, 0) is 9.59 Å². The van der Waals surface area contributed by atoms with Crippen LogP contribution in [0.1, 0.15) is 25.8 Å². The number of anilines is 1. The molecule has 1 fully saturated rings. The Morgan fingerprint density at radius 2 is 1.95 bits per heavy atom. The van der Waals surface area contributed by atoms with Crippen molar-refractivity contribution in [1.82, 2.24) is 5.32 Å². The van der Waals surface area contributed by atoms with Crippen LogP contribution in [0.4, 0.5) is 5.69 Å². The molecule has 1 aromatic carbocycles. The van der Waals surface area contributed by atoms with Gasteiger partial charge in [0.15, 0.2) is 0 Å². The second kappa shape index (κ2) is 6.48. The number of benzene rings is 1. The summed E-state index contributed by atoms with van der Waals surface area (Å²) in [5, 5.41) is 6.31. The molecule has 2 rings (SSSR count). The van der Waals surface area contributed by atoms with Gasteiger partial charge in [-0.15, -0.1) is 0 Å². The van der Waals surface area contributed by atoms with Crippen LogP contribution in [0.3, 0.4) is 0 Å². The molecule has 1 saturated carbocycles. The van der Waals surface area contributed by atoms with Crippen LogP contribution in [0.5, 0.6) is 0 Å². The minimum Gasteiger partial charge on any atom is -0.356 e. The van der Waals surface area contributed by atoms with Gasteiger partial charge in [0.1, 0.15) is 0 Å². The Kier molecular flexibility index (Phi) is 4.88. The van der Waals surface area contributed by atoms with E-state index in [1.807, 2.05) is 26.8 Å². The molecule has 1 aliphatic carbocycles. The normalized spacial score (nSPS) is 20.2. The molecule has 0 aliphatic heterocycles. The molecule has 4 nitrogen and oxygen atoms in total. The van der Waals surface area contributed by atoms with E-state index in [4.69, 9.17) is 11.6 Å². The number of nitrogens with one attached hydrogen (secondary N) is 2. The summed E-state index contributed by atoms with van der Waals surface area (Å²) in [6.07, 6.45) is 0.620. The number of hydrogen-bond donors (Lipinski definition) is 2. The van der Waals surface area contributed by atoms with E-state index in [2.05, 4.69) is 10.6 Å². The highest BCUT2D eigenvalue weighted by Crippen LogP contribution is 2.39. The van der Waals surface area contributed by atoms with Gasteiger partial charge in [-0.3, -0.25) is 9.59 Å². The van der Waals surface area contributed by atoms with E-state index in [1.165, 1.54) is 0 Å². The van der Waals surface area contributed by atoms with Crippen LogP contribution < -0.4 is 10.6 Å². The quantitative estimate of drug-likeness (QED) is 0.878. The van der Waals surface area contributed by atoms with Crippen LogP contribution in [-0.4, -0.2) is 18.4 Å². The van der Waals surface area contributed by atoms with Crippen molar-refractivity contribution in [2.45, 2.75) is 27.2 Å². The lowest BCUT2D eigenvalue weighted by molar-refractivity contribution is -0.125. The van der Waals surface area contributed by atoms with E-state index < -0.39 is 0 Å². The largest absolute Gasteiger partial charge is 0.356 e. The molecule has 2 unspecified atom stereocenters. The Morgan fingerprint density at radius 1 is 1.29 bits per heavy atom. The lowest BCUT2D eigenvalue weighted by atomic mass is 10.2. The summed E-state index contributed by atoms with van der Waals surface area (Å²) in [7, 11) is 0. The van der Waals surface area contributed by atoms with E-state index in [0.29, 0.717) is 29.6 Å². The fourth-order valence-corrected chi connectivity index (χ4v) is 2.34. The van der Waals surface area contributed by atoms with Crippen molar-refractivity contribution in [3.05, 3.63) is 28.8 Å². The van der Waals surface area contributed by atoms with Crippen molar-refractivity contribution in [2.24, 2.45) is 17.8 Å². The third-order valence-corrected chi connectivity index (χ3v) is 3.84. The maximum absolute atomic E-state index is 12.2. The van der Waals surface area contributed by atoms with Crippen LogP contribution in [0.15, 0.2) is 18.2 Å².